The van der Waals surface area contributed by atoms with E-state index < -0.39 is 0 Å². The van der Waals surface area contributed by atoms with Crippen molar-refractivity contribution >= 4 is 32.9 Å². The lowest BCUT2D eigenvalue weighted by molar-refractivity contribution is 0.888. The lowest BCUT2D eigenvalue weighted by Crippen LogP contribution is -2.02. The number of halogens is 1. The predicted molar refractivity (Wildman–Crippen MR) is 114 cm³/mol. The summed E-state index contributed by atoms with van der Waals surface area (Å²) in [5.41, 5.74) is 7.82. The van der Waals surface area contributed by atoms with Gasteiger partial charge in [-0.3, -0.25) is 0 Å². The smallest absolute Gasteiger partial charge is 0.0538 e. The van der Waals surface area contributed by atoms with Crippen molar-refractivity contribution in [2.45, 2.75) is 12.8 Å². The highest BCUT2D eigenvalue weighted by Crippen LogP contribution is 2.36. The molecule has 0 radical (unpaired) electrons. The van der Waals surface area contributed by atoms with E-state index in [4.69, 9.17) is 0 Å². The van der Waals surface area contributed by atoms with Crippen LogP contribution in [0.15, 0.2) is 83.3 Å². The maximum Gasteiger partial charge on any atom is 0.0538 e. The predicted octanol–water partition coefficient (Wildman–Crippen LogP) is 7.02. The summed E-state index contributed by atoms with van der Waals surface area (Å²) in [4.78, 5) is 0. The highest BCUT2D eigenvalue weighted by molar-refractivity contribution is 9.10. The molecule has 0 amide bonds. The second kappa shape index (κ2) is 6.30. The van der Waals surface area contributed by atoms with Crippen LogP contribution in [0.25, 0.3) is 33.8 Å². The number of para-hydroxylation sites is 1. The molecule has 1 aliphatic rings. The SMILES string of the molecule is Brc1ccc(-c2ccc3c(c2)c2c(n3-c3ccccc3)CCC=C2)cc1. The Bertz CT molecular complexity index is 1120. The van der Waals surface area contributed by atoms with E-state index in [1.165, 1.54) is 39.0 Å². The number of fused-ring (bicyclic) bond motifs is 3. The Morgan fingerprint density at radius 2 is 1.58 bits per heavy atom. The van der Waals surface area contributed by atoms with E-state index >= 15 is 0 Å². The van der Waals surface area contributed by atoms with E-state index in [1.807, 2.05) is 0 Å². The quantitative estimate of drug-likeness (QED) is 0.341. The monoisotopic (exact) mass is 399 g/mol. The first-order valence-corrected chi connectivity index (χ1v) is 9.76. The summed E-state index contributed by atoms with van der Waals surface area (Å²) in [5.74, 6) is 0. The number of hydrogen-bond donors (Lipinski definition) is 0. The van der Waals surface area contributed by atoms with Crippen molar-refractivity contribution in [2.75, 3.05) is 0 Å². The zero-order valence-electron chi connectivity index (χ0n) is 14.3. The maximum atomic E-state index is 3.52. The molecule has 0 spiro atoms. The summed E-state index contributed by atoms with van der Waals surface area (Å²) in [6, 6.07) is 26.1. The molecule has 1 aliphatic carbocycles. The highest BCUT2D eigenvalue weighted by Gasteiger charge is 2.18. The van der Waals surface area contributed by atoms with Crippen molar-refractivity contribution < 1.29 is 0 Å². The van der Waals surface area contributed by atoms with Gasteiger partial charge in [0.2, 0.25) is 0 Å². The molecule has 2 heteroatoms. The lowest BCUT2D eigenvalue weighted by Gasteiger charge is -2.13. The summed E-state index contributed by atoms with van der Waals surface area (Å²) in [6.07, 6.45) is 6.79. The number of benzene rings is 3. The van der Waals surface area contributed by atoms with E-state index in [1.54, 1.807) is 0 Å². The molecule has 4 aromatic rings. The van der Waals surface area contributed by atoms with Crippen LogP contribution in [-0.4, -0.2) is 4.57 Å². The molecular weight excluding hydrogens is 382 g/mol. The van der Waals surface area contributed by atoms with E-state index in [0.717, 1.165) is 17.3 Å². The van der Waals surface area contributed by atoms with Gasteiger partial charge < -0.3 is 4.57 Å². The number of allylic oxidation sites excluding steroid dienone is 1. The highest BCUT2D eigenvalue weighted by atomic mass is 79.9. The van der Waals surface area contributed by atoms with Crippen LogP contribution in [0.4, 0.5) is 0 Å². The molecule has 0 N–H and O–H groups in total. The van der Waals surface area contributed by atoms with Crippen LogP contribution >= 0.6 is 15.9 Å². The number of rotatable bonds is 2. The summed E-state index contributed by atoms with van der Waals surface area (Å²) in [7, 11) is 0. The molecule has 126 valence electrons. The van der Waals surface area contributed by atoms with Crippen LogP contribution in [-0.2, 0) is 6.42 Å². The van der Waals surface area contributed by atoms with Crippen LogP contribution < -0.4 is 0 Å². The molecule has 1 nitrogen and oxygen atoms in total. The van der Waals surface area contributed by atoms with E-state index in [-0.39, 0.29) is 0 Å². The minimum absolute atomic E-state index is 1.09. The Balaban J connectivity index is 1.77. The van der Waals surface area contributed by atoms with Crippen molar-refractivity contribution in [2.24, 2.45) is 0 Å². The average molecular weight is 400 g/mol. The zero-order chi connectivity index (χ0) is 17.5. The Morgan fingerprint density at radius 1 is 0.808 bits per heavy atom. The number of nitrogens with zero attached hydrogens (tertiary/aromatic N) is 1. The molecule has 1 heterocycles. The van der Waals surface area contributed by atoms with Crippen LogP contribution in [0.2, 0.25) is 0 Å². The molecular formula is C24H18BrN. The molecule has 3 aromatic carbocycles. The summed E-state index contributed by atoms with van der Waals surface area (Å²) < 4.78 is 3.54. The first-order valence-electron chi connectivity index (χ1n) is 8.96. The van der Waals surface area contributed by atoms with E-state index in [0.29, 0.717) is 0 Å². The minimum atomic E-state index is 1.09. The van der Waals surface area contributed by atoms with Gasteiger partial charge in [-0.05, 0) is 60.4 Å². The minimum Gasteiger partial charge on any atom is -0.313 e. The number of aromatic nitrogens is 1. The van der Waals surface area contributed by atoms with Crippen LogP contribution in [0, 0.1) is 0 Å². The third kappa shape index (κ3) is 2.53. The summed E-state index contributed by atoms with van der Waals surface area (Å²) in [6.45, 7) is 0. The lowest BCUT2D eigenvalue weighted by atomic mass is 9.99. The van der Waals surface area contributed by atoms with Gasteiger partial charge in [0.15, 0.2) is 0 Å². The fraction of sp³-hybridized carbons (Fsp3) is 0.0833. The Kier molecular flexibility index (Phi) is 3.79. The average Bonchev–Trinajstić information content (AvgIpc) is 3.03. The second-order valence-corrected chi connectivity index (χ2v) is 7.63. The van der Waals surface area contributed by atoms with Gasteiger partial charge in [-0.25, -0.2) is 0 Å². The van der Waals surface area contributed by atoms with Gasteiger partial charge in [-0.1, -0.05) is 64.5 Å². The zero-order valence-corrected chi connectivity index (χ0v) is 15.9. The topological polar surface area (TPSA) is 4.93 Å². The molecule has 1 aromatic heterocycles. The van der Waals surface area contributed by atoms with Gasteiger partial charge in [0.25, 0.3) is 0 Å². The molecule has 0 bridgehead atoms. The first kappa shape index (κ1) is 15.7. The largest absolute Gasteiger partial charge is 0.313 e. The van der Waals surface area contributed by atoms with Crippen molar-refractivity contribution in [3.05, 3.63) is 94.6 Å². The summed E-state index contributed by atoms with van der Waals surface area (Å²) in [5, 5.41) is 1.33. The van der Waals surface area contributed by atoms with Crippen LogP contribution in [0.1, 0.15) is 17.7 Å². The van der Waals surface area contributed by atoms with E-state index in [9.17, 15) is 0 Å². The molecule has 0 fully saturated rings. The molecule has 0 unspecified atom stereocenters. The van der Waals surface area contributed by atoms with Gasteiger partial charge >= 0.3 is 0 Å². The standard InChI is InChI=1S/C24H18BrN/c25-19-13-10-17(11-14-19)18-12-15-24-22(16-18)21-8-4-5-9-23(21)26(24)20-6-2-1-3-7-20/h1-4,6-8,10-16H,5,9H2. The molecule has 5 rings (SSSR count). The molecule has 26 heavy (non-hydrogen) atoms. The molecule has 0 saturated carbocycles. The normalized spacial score (nSPS) is 13.1. The first-order chi connectivity index (χ1) is 12.8. The maximum absolute atomic E-state index is 3.52. The third-order valence-corrected chi connectivity index (χ3v) is 5.66. The van der Waals surface area contributed by atoms with E-state index in [2.05, 4.69) is 105 Å². The Morgan fingerprint density at radius 3 is 2.38 bits per heavy atom. The van der Waals surface area contributed by atoms with Gasteiger partial charge in [-0.15, -0.1) is 0 Å². The van der Waals surface area contributed by atoms with Gasteiger partial charge in [-0.2, -0.15) is 0 Å². The molecule has 0 saturated heterocycles. The van der Waals surface area contributed by atoms with Gasteiger partial charge in [0, 0.05) is 26.8 Å². The second-order valence-electron chi connectivity index (χ2n) is 6.71. The van der Waals surface area contributed by atoms with Crippen molar-refractivity contribution in [3.63, 3.8) is 0 Å². The van der Waals surface area contributed by atoms with Crippen molar-refractivity contribution in [3.8, 4) is 16.8 Å². The van der Waals surface area contributed by atoms with Gasteiger partial charge in [0.1, 0.15) is 0 Å². The third-order valence-electron chi connectivity index (χ3n) is 5.13. The van der Waals surface area contributed by atoms with Gasteiger partial charge in [0.05, 0.1) is 5.52 Å². The van der Waals surface area contributed by atoms with Crippen molar-refractivity contribution in [1.82, 2.24) is 4.57 Å². The van der Waals surface area contributed by atoms with Crippen LogP contribution in [0.5, 0.6) is 0 Å². The van der Waals surface area contributed by atoms with Crippen LogP contribution in [0.3, 0.4) is 0 Å². The van der Waals surface area contributed by atoms with Crippen molar-refractivity contribution in [1.29, 1.82) is 0 Å². The number of hydrogen-bond acceptors (Lipinski definition) is 0. The molecule has 0 atom stereocenters. The Labute approximate surface area is 161 Å². The Hall–Kier alpha value is -2.58. The molecule has 0 aliphatic heterocycles. The summed E-state index contributed by atoms with van der Waals surface area (Å²) >= 11 is 3.52. The fourth-order valence-electron chi connectivity index (χ4n) is 3.92. The fourth-order valence-corrected chi connectivity index (χ4v) is 4.18.